The van der Waals surface area contributed by atoms with Crippen molar-refractivity contribution in [1.29, 1.82) is 0 Å². The summed E-state index contributed by atoms with van der Waals surface area (Å²) in [6.07, 6.45) is 3.55. The second kappa shape index (κ2) is 5.94. The Kier molecular flexibility index (Phi) is 4.16. The molecule has 0 spiro atoms. The number of fused-ring (bicyclic) bond motifs is 1. The van der Waals surface area contributed by atoms with Crippen molar-refractivity contribution in [3.63, 3.8) is 0 Å². The molecule has 2 unspecified atom stereocenters. The maximum atomic E-state index is 12.5. The van der Waals surface area contributed by atoms with Crippen molar-refractivity contribution in [2.24, 2.45) is 0 Å². The van der Waals surface area contributed by atoms with Crippen LogP contribution in [0, 0.1) is 0 Å². The van der Waals surface area contributed by atoms with Gasteiger partial charge in [-0.05, 0) is 38.8 Å². The monoisotopic (exact) mass is 324 g/mol. The molecule has 0 aromatic carbocycles. The first-order chi connectivity index (χ1) is 10.5. The minimum atomic E-state index is -3.59. The van der Waals surface area contributed by atoms with Crippen LogP contribution in [0.1, 0.15) is 32.4 Å². The molecule has 2 aromatic rings. The molecule has 1 aliphatic heterocycles. The molecule has 1 aliphatic rings. The van der Waals surface area contributed by atoms with Crippen molar-refractivity contribution in [3.05, 3.63) is 18.0 Å². The molecular formula is C14H20N4O3S. The van der Waals surface area contributed by atoms with Crippen LogP contribution in [-0.4, -0.2) is 37.2 Å². The van der Waals surface area contributed by atoms with Gasteiger partial charge in [0.25, 0.3) is 5.71 Å². The van der Waals surface area contributed by atoms with E-state index in [0.29, 0.717) is 23.6 Å². The number of nitrogens with one attached hydrogen (secondary N) is 2. The van der Waals surface area contributed by atoms with Crippen molar-refractivity contribution in [1.82, 2.24) is 20.2 Å². The van der Waals surface area contributed by atoms with E-state index in [4.69, 9.17) is 4.52 Å². The van der Waals surface area contributed by atoms with E-state index in [9.17, 15) is 8.42 Å². The Morgan fingerprint density at radius 3 is 3.05 bits per heavy atom. The minimum Gasteiger partial charge on any atom is -0.336 e. The lowest BCUT2D eigenvalue weighted by molar-refractivity contribution is 0.361. The zero-order chi connectivity index (χ0) is 15.7. The molecule has 3 rings (SSSR count). The van der Waals surface area contributed by atoms with Gasteiger partial charge in [-0.2, -0.15) is 0 Å². The predicted molar refractivity (Wildman–Crippen MR) is 82.0 cm³/mol. The summed E-state index contributed by atoms with van der Waals surface area (Å²) in [6, 6.07) is 1.85. The summed E-state index contributed by atoms with van der Waals surface area (Å²) in [5, 5.41) is 7.86. The highest BCUT2D eigenvalue weighted by Crippen LogP contribution is 2.21. The highest BCUT2D eigenvalue weighted by Gasteiger charge is 2.25. The molecule has 120 valence electrons. The zero-order valence-corrected chi connectivity index (χ0v) is 13.5. The molecule has 7 nitrogen and oxygen atoms in total. The second-order valence-electron chi connectivity index (χ2n) is 5.70. The van der Waals surface area contributed by atoms with Crippen molar-refractivity contribution in [3.8, 4) is 0 Å². The third-order valence-electron chi connectivity index (χ3n) is 3.97. The summed E-state index contributed by atoms with van der Waals surface area (Å²) in [5.41, 5.74) is 1.08. The van der Waals surface area contributed by atoms with Crippen LogP contribution in [0.25, 0.3) is 11.1 Å². The van der Waals surface area contributed by atoms with E-state index in [0.717, 1.165) is 25.1 Å². The lowest BCUT2D eigenvalue weighted by Crippen LogP contribution is -2.46. The van der Waals surface area contributed by atoms with Gasteiger partial charge in [0.1, 0.15) is 4.90 Å². The largest absolute Gasteiger partial charge is 0.336 e. The maximum Gasteiger partial charge on any atom is 0.258 e. The van der Waals surface area contributed by atoms with Crippen LogP contribution < -0.4 is 10.0 Å². The standard InChI is InChI=1S/C14H20N4O3S/c1-3-13-12-7-11(8-16-14(12)21-17-13)22(19,20)18-10-4-5-15-9(2)6-10/h7-10,15,18H,3-6H2,1-2H3. The fourth-order valence-corrected chi connectivity index (χ4v) is 4.04. The van der Waals surface area contributed by atoms with Gasteiger partial charge in [0.2, 0.25) is 10.0 Å². The molecule has 2 atom stereocenters. The van der Waals surface area contributed by atoms with Crippen molar-refractivity contribution < 1.29 is 12.9 Å². The zero-order valence-electron chi connectivity index (χ0n) is 12.7. The number of sulfonamides is 1. The van der Waals surface area contributed by atoms with E-state index in [-0.39, 0.29) is 10.9 Å². The van der Waals surface area contributed by atoms with Gasteiger partial charge in [-0.25, -0.2) is 18.1 Å². The molecule has 0 aliphatic carbocycles. The molecule has 0 amide bonds. The number of aryl methyl sites for hydroxylation is 1. The Hall–Kier alpha value is -1.51. The molecule has 3 heterocycles. The fourth-order valence-electron chi connectivity index (χ4n) is 2.79. The van der Waals surface area contributed by atoms with Crippen LogP contribution in [0.3, 0.4) is 0 Å². The highest BCUT2D eigenvalue weighted by molar-refractivity contribution is 7.89. The Morgan fingerprint density at radius 2 is 2.32 bits per heavy atom. The van der Waals surface area contributed by atoms with Crippen LogP contribution in [0.5, 0.6) is 0 Å². The summed E-state index contributed by atoms with van der Waals surface area (Å²) in [6.45, 7) is 4.81. The van der Waals surface area contributed by atoms with Gasteiger partial charge in [-0.15, -0.1) is 0 Å². The third kappa shape index (κ3) is 2.99. The summed E-state index contributed by atoms with van der Waals surface area (Å²) < 4.78 is 33.0. The quantitative estimate of drug-likeness (QED) is 0.877. The Balaban J connectivity index is 1.88. The first-order valence-corrected chi connectivity index (χ1v) is 8.98. The highest BCUT2D eigenvalue weighted by atomic mass is 32.2. The molecule has 0 saturated carbocycles. The maximum absolute atomic E-state index is 12.5. The topological polar surface area (TPSA) is 97.1 Å². The van der Waals surface area contributed by atoms with Crippen LogP contribution in [0.15, 0.2) is 21.7 Å². The first kappa shape index (κ1) is 15.4. The molecule has 0 radical (unpaired) electrons. The fraction of sp³-hybridized carbons (Fsp3) is 0.571. The number of rotatable bonds is 4. The Bertz CT molecular complexity index is 771. The number of hydrogen-bond donors (Lipinski definition) is 2. The van der Waals surface area contributed by atoms with Gasteiger partial charge < -0.3 is 9.84 Å². The minimum absolute atomic E-state index is 0.0509. The van der Waals surface area contributed by atoms with Crippen molar-refractivity contribution in [2.75, 3.05) is 6.54 Å². The number of pyridine rings is 1. The van der Waals surface area contributed by atoms with Gasteiger partial charge >= 0.3 is 0 Å². The van der Waals surface area contributed by atoms with Crippen molar-refractivity contribution >= 4 is 21.1 Å². The molecule has 2 aromatic heterocycles. The average Bonchev–Trinajstić information content (AvgIpc) is 2.89. The van der Waals surface area contributed by atoms with Gasteiger partial charge in [0.15, 0.2) is 0 Å². The van der Waals surface area contributed by atoms with Crippen LogP contribution >= 0.6 is 0 Å². The number of aromatic nitrogens is 2. The lowest BCUT2D eigenvalue weighted by atomic mass is 10.0. The van der Waals surface area contributed by atoms with E-state index in [2.05, 4.69) is 27.1 Å². The molecule has 1 saturated heterocycles. The van der Waals surface area contributed by atoms with E-state index in [1.807, 2.05) is 6.92 Å². The van der Waals surface area contributed by atoms with Gasteiger partial charge in [0.05, 0.1) is 17.3 Å². The predicted octanol–water partition coefficient (Wildman–Crippen LogP) is 1.20. The molecule has 8 heteroatoms. The van der Waals surface area contributed by atoms with E-state index < -0.39 is 10.0 Å². The molecule has 0 bridgehead atoms. The van der Waals surface area contributed by atoms with E-state index in [1.165, 1.54) is 6.20 Å². The summed E-state index contributed by atoms with van der Waals surface area (Å²) in [5.74, 6) is 0. The smallest absolute Gasteiger partial charge is 0.258 e. The Morgan fingerprint density at radius 1 is 1.50 bits per heavy atom. The number of hydrogen-bond acceptors (Lipinski definition) is 6. The van der Waals surface area contributed by atoms with Crippen LogP contribution in [0.2, 0.25) is 0 Å². The SMILES string of the molecule is CCc1noc2ncc(S(=O)(=O)NC3CCNC(C)C3)cc12. The molecule has 1 fully saturated rings. The summed E-state index contributed by atoms with van der Waals surface area (Å²) in [4.78, 5) is 4.22. The first-order valence-electron chi connectivity index (χ1n) is 7.49. The summed E-state index contributed by atoms with van der Waals surface area (Å²) >= 11 is 0. The molecule has 2 N–H and O–H groups in total. The van der Waals surface area contributed by atoms with Gasteiger partial charge in [-0.1, -0.05) is 12.1 Å². The average molecular weight is 324 g/mol. The van der Waals surface area contributed by atoms with Crippen LogP contribution in [-0.2, 0) is 16.4 Å². The van der Waals surface area contributed by atoms with Gasteiger partial charge in [0, 0.05) is 12.1 Å². The number of nitrogens with zero attached hydrogens (tertiary/aromatic N) is 2. The van der Waals surface area contributed by atoms with E-state index >= 15 is 0 Å². The lowest BCUT2D eigenvalue weighted by Gasteiger charge is -2.28. The second-order valence-corrected chi connectivity index (χ2v) is 7.42. The normalized spacial score (nSPS) is 23.0. The summed E-state index contributed by atoms with van der Waals surface area (Å²) in [7, 11) is -3.59. The Labute approximate surface area is 129 Å². The van der Waals surface area contributed by atoms with Gasteiger partial charge in [-0.3, -0.25) is 0 Å². The molecule has 22 heavy (non-hydrogen) atoms. The molecular weight excluding hydrogens is 304 g/mol. The van der Waals surface area contributed by atoms with Crippen LogP contribution in [0.4, 0.5) is 0 Å². The number of piperidine rings is 1. The van der Waals surface area contributed by atoms with Crippen molar-refractivity contribution in [2.45, 2.75) is 50.1 Å². The third-order valence-corrected chi connectivity index (χ3v) is 5.46. The van der Waals surface area contributed by atoms with E-state index in [1.54, 1.807) is 6.07 Å².